The zero-order valence-electron chi connectivity index (χ0n) is 8.93. The molecule has 1 aromatic carbocycles. The molecule has 0 amide bonds. The van der Waals surface area contributed by atoms with Gasteiger partial charge in [0, 0.05) is 11.0 Å². The van der Waals surface area contributed by atoms with Gasteiger partial charge < -0.3 is 10.5 Å². The molecule has 0 saturated carbocycles. The highest BCUT2D eigenvalue weighted by Gasteiger charge is 2.28. The van der Waals surface area contributed by atoms with E-state index in [1.165, 1.54) is 12.5 Å². The fourth-order valence-corrected chi connectivity index (χ4v) is 3.41. The fraction of sp³-hybridized carbons (Fsp3) is 0.273. The number of sulfone groups is 1. The molecule has 1 aliphatic heterocycles. The molecule has 0 bridgehead atoms. The van der Waals surface area contributed by atoms with Gasteiger partial charge in [-0.05, 0) is 30.7 Å². The van der Waals surface area contributed by atoms with Crippen molar-refractivity contribution in [3.8, 4) is 5.75 Å². The van der Waals surface area contributed by atoms with Gasteiger partial charge in [0.1, 0.15) is 5.75 Å². The average Bonchev–Trinajstić information content (AvgIpc) is 2.51. The van der Waals surface area contributed by atoms with Crippen LogP contribution in [0.3, 0.4) is 0 Å². The molecule has 2 rings (SSSR count). The minimum atomic E-state index is -3.31. The second-order valence-corrected chi connectivity index (χ2v) is 5.33. The molecule has 0 unspecified atom stereocenters. The number of hydrogen-bond acceptors (Lipinski definition) is 4. The maximum atomic E-state index is 11.8. The molecule has 0 aliphatic carbocycles. The third kappa shape index (κ3) is 1.62. The van der Waals surface area contributed by atoms with Crippen LogP contribution in [0.15, 0.2) is 28.5 Å². The second kappa shape index (κ2) is 3.92. The smallest absolute Gasteiger partial charge is 0.200 e. The van der Waals surface area contributed by atoms with E-state index in [2.05, 4.69) is 0 Å². The zero-order chi connectivity index (χ0) is 11.8. The molecule has 0 aromatic heterocycles. The minimum Gasteiger partial charge on any atom is -0.496 e. The van der Waals surface area contributed by atoms with E-state index in [0.29, 0.717) is 29.2 Å². The summed E-state index contributed by atoms with van der Waals surface area (Å²) >= 11 is 0. The number of fused-ring (bicyclic) bond motifs is 1. The maximum Gasteiger partial charge on any atom is 0.200 e. The standard InChI is InChI=1S/C11H13NO3S/c1-15-9-3-2-4-10-11(9)8(5-6-12)7-16(10,13)14/h2-4,7H,5-6,12H2,1H3. The summed E-state index contributed by atoms with van der Waals surface area (Å²) in [5.74, 6) is 0.582. The van der Waals surface area contributed by atoms with Gasteiger partial charge in [-0.15, -0.1) is 0 Å². The van der Waals surface area contributed by atoms with Crippen LogP contribution in [0.25, 0.3) is 5.57 Å². The third-order valence-electron chi connectivity index (χ3n) is 2.55. The molecule has 0 spiro atoms. The Hall–Kier alpha value is -1.33. The minimum absolute atomic E-state index is 0.315. The number of ether oxygens (including phenoxy) is 1. The van der Waals surface area contributed by atoms with Crippen LogP contribution in [0.2, 0.25) is 0 Å². The zero-order valence-corrected chi connectivity index (χ0v) is 9.75. The second-order valence-electron chi connectivity index (χ2n) is 3.56. The van der Waals surface area contributed by atoms with Crippen molar-refractivity contribution < 1.29 is 13.2 Å². The topological polar surface area (TPSA) is 69.4 Å². The van der Waals surface area contributed by atoms with Gasteiger partial charge >= 0.3 is 0 Å². The highest BCUT2D eigenvalue weighted by molar-refractivity contribution is 7.95. The Bertz CT molecular complexity index is 546. The van der Waals surface area contributed by atoms with Gasteiger partial charge in [-0.2, -0.15) is 0 Å². The molecule has 0 fully saturated rings. The highest BCUT2D eigenvalue weighted by atomic mass is 32.2. The first-order valence-corrected chi connectivity index (χ1v) is 6.48. The van der Waals surface area contributed by atoms with E-state index in [0.717, 1.165) is 5.57 Å². The molecule has 16 heavy (non-hydrogen) atoms. The predicted octanol–water partition coefficient (Wildman–Crippen LogP) is 1.17. The first-order valence-electron chi connectivity index (χ1n) is 4.93. The number of benzene rings is 1. The molecule has 0 saturated heterocycles. The van der Waals surface area contributed by atoms with Crippen LogP contribution in [0.1, 0.15) is 12.0 Å². The van der Waals surface area contributed by atoms with Crippen LogP contribution in [0, 0.1) is 0 Å². The molecule has 0 atom stereocenters. The number of rotatable bonds is 3. The first kappa shape index (κ1) is 11.2. The summed E-state index contributed by atoms with van der Waals surface area (Å²) in [6.45, 7) is 0.416. The van der Waals surface area contributed by atoms with Crippen LogP contribution in [-0.4, -0.2) is 22.1 Å². The predicted molar refractivity (Wildman–Crippen MR) is 61.8 cm³/mol. The van der Waals surface area contributed by atoms with E-state index in [1.807, 2.05) is 0 Å². The van der Waals surface area contributed by atoms with Crippen LogP contribution in [0.4, 0.5) is 0 Å². The van der Waals surface area contributed by atoms with Gasteiger partial charge in [-0.1, -0.05) is 6.07 Å². The number of hydrogen-bond donors (Lipinski definition) is 1. The van der Waals surface area contributed by atoms with Crippen LogP contribution < -0.4 is 10.5 Å². The molecular formula is C11H13NO3S. The third-order valence-corrected chi connectivity index (χ3v) is 4.09. The van der Waals surface area contributed by atoms with Gasteiger partial charge in [-0.3, -0.25) is 0 Å². The summed E-state index contributed by atoms with van der Waals surface area (Å²) in [5, 5.41) is 1.28. The lowest BCUT2D eigenvalue weighted by Gasteiger charge is -2.08. The summed E-state index contributed by atoms with van der Waals surface area (Å²) in [6.07, 6.45) is 0.534. The molecule has 1 aromatic rings. The van der Waals surface area contributed by atoms with Gasteiger partial charge in [-0.25, -0.2) is 8.42 Å². The van der Waals surface area contributed by atoms with Crippen molar-refractivity contribution in [2.24, 2.45) is 5.73 Å². The molecule has 1 heterocycles. The Morgan fingerprint density at radius 3 is 2.75 bits per heavy atom. The van der Waals surface area contributed by atoms with E-state index in [-0.39, 0.29) is 0 Å². The van der Waals surface area contributed by atoms with Gasteiger partial charge in [0.25, 0.3) is 0 Å². The van der Waals surface area contributed by atoms with Crippen molar-refractivity contribution in [3.05, 3.63) is 29.2 Å². The van der Waals surface area contributed by atoms with Crippen molar-refractivity contribution in [3.63, 3.8) is 0 Å². The van der Waals surface area contributed by atoms with Crippen LogP contribution in [0.5, 0.6) is 5.75 Å². The Labute approximate surface area is 94.6 Å². The molecule has 1 aliphatic rings. The largest absolute Gasteiger partial charge is 0.496 e. The summed E-state index contributed by atoms with van der Waals surface area (Å²) in [4.78, 5) is 0.315. The monoisotopic (exact) mass is 239 g/mol. The summed E-state index contributed by atoms with van der Waals surface area (Å²) in [5.41, 5.74) is 6.86. The normalized spacial score (nSPS) is 16.8. The van der Waals surface area contributed by atoms with Crippen molar-refractivity contribution in [2.75, 3.05) is 13.7 Å². The van der Waals surface area contributed by atoms with Crippen LogP contribution in [-0.2, 0) is 9.84 Å². The summed E-state index contributed by atoms with van der Waals surface area (Å²) in [6, 6.07) is 5.02. The molecule has 4 nitrogen and oxygen atoms in total. The van der Waals surface area contributed by atoms with E-state index in [1.54, 1.807) is 18.2 Å². The molecular weight excluding hydrogens is 226 g/mol. The summed E-state index contributed by atoms with van der Waals surface area (Å²) in [7, 11) is -1.78. The molecule has 2 N–H and O–H groups in total. The molecule has 0 radical (unpaired) electrons. The molecule has 86 valence electrons. The van der Waals surface area contributed by atoms with Gasteiger partial charge in [0.15, 0.2) is 0 Å². The Morgan fingerprint density at radius 1 is 1.38 bits per heavy atom. The lowest BCUT2D eigenvalue weighted by Crippen LogP contribution is -2.00. The van der Waals surface area contributed by atoms with Crippen molar-refractivity contribution in [1.82, 2.24) is 0 Å². The van der Waals surface area contributed by atoms with Crippen molar-refractivity contribution >= 4 is 15.4 Å². The molecule has 5 heteroatoms. The Balaban J connectivity index is 2.67. The average molecular weight is 239 g/mol. The quantitative estimate of drug-likeness (QED) is 0.859. The van der Waals surface area contributed by atoms with Crippen LogP contribution >= 0.6 is 0 Å². The highest BCUT2D eigenvalue weighted by Crippen LogP contribution is 2.40. The van der Waals surface area contributed by atoms with Crippen molar-refractivity contribution in [1.29, 1.82) is 0 Å². The Morgan fingerprint density at radius 2 is 2.12 bits per heavy atom. The SMILES string of the molecule is COc1cccc2c1C(CCN)=CS2(=O)=O. The lowest BCUT2D eigenvalue weighted by molar-refractivity contribution is 0.412. The first-order chi connectivity index (χ1) is 7.60. The fourth-order valence-electron chi connectivity index (χ4n) is 1.88. The number of nitrogens with two attached hydrogens (primary N) is 1. The van der Waals surface area contributed by atoms with E-state index >= 15 is 0 Å². The Kier molecular flexibility index (Phi) is 2.73. The number of methoxy groups -OCH3 is 1. The van der Waals surface area contributed by atoms with E-state index < -0.39 is 9.84 Å². The van der Waals surface area contributed by atoms with E-state index in [9.17, 15) is 8.42 Å². The maximum absolute atomic E-state index is 11.8. The van der Waals surface area contributed by atoms with Gasteiger partial charge in [0.05, 0.1) is 12.0 Å². The summed E-state index contributed by atoms with van der Waals surface area (Å²) < 4.78 is 28.8. The van der Waals surface area contributed by atoms with E-state index in [4.69, 9.17) is 10.5 Å². The lowest BCUT2D eigenvalue weighted by atomic mass is 10.0. The van der Waals surface area contributed by atoms with Gasteiger partial charge in [0.2, 0.25) is 9.84 Å². The van der Waals surface area contributed by atoms with Crippen molar-refractivity contribution in [2.45, 2.75) is 11.3 Å².